The maximum atomic E-state index is 11.6. The number of nitrogens with two attached hydrogens (primary N) is 1. The zero-order chi connectivity index (χ0) is 13.7. The summed E-state index contributed by atoms with van der Waals surface area (Å²) in [5.74, 6) is -0.0495. The van der Waals surface area contributed by atoms with Gasteiger partial charge in [-0.3, -0.25) is 9.69 Å². The molecule has 0 aromatic heterocycles. The third-order valence-corrected chi connectivity index (χ3v) is 3.51. The highest BCUT2D eigenvalue weighted by atomic mass is 16.2. The van der Waals surface area contributed by atoms with Gasteiger partial charge in [-0.25, -0.2) is 0 Å². The topological polar surface area (TPSA) is 58.4 Å². The van der Waals surface area contributed by atoms with Gasteiger partial charge in [-0.1, -0.05) is 30.3 Å². The van der Waals surface area contributed by atoms with E-state index in [9.17, 15) is 4.79 Å². The summed E-state index contributed by atoms with van der Waals surface area (Å²) in [5, 5.41) is 3.03. The van der Waals surface area contributed by atoms with Crippen molar-refractivity contribution in [2.45, 2.75) is 38.4 Å². The number of nitrogens with zero attached hydrogens (tertiary/aromatic N) is 1. The fourth-order valence-electron chi connectivity index (χ4n) is 2.49. The lowest BCUT2D eigenvalue weighted by Crippen LogP contribution is -2.51. The highest BCUT2D eigenvalue weighted by Gasteiger charge is 2.22. The molecule has 2 rings (SSSR count). The van der Waals surface area contributed by atoms with E-state index in [0.29, 0.717) is 0 Å². The Morgan fingerprint density at radius 1 is 1.47 bits per heavy atom. The van der Waals surface area contributed by atoms with Crippen LogP contribution < -0.4 is 11.1 Å². The van der Waals surface area contributed by atoms with Crippen LogP contribution in [0, 0.1) is 0 Å². The van der Waals surface area contributed by atoms with Crippen LogP contribution >= 0.6 is 0 Å². The molecule has 2 atom stereocenters. The van der Waals surface area contributed by atoms with Crippen LogP contribution in [0.1, 0.15) is 25.3 Å². The lowest BCUT2D eigenvalue weighted by atomic mass is 10.0. The number of rotatable bonds is 4. The Hall–Kier alpha value is -1.39. The molecule has 1 saturated heterocycles. The second-order valence-corrected chi connectivity index (χ2v) is 5.36. The van der Waals surface area contributed by atoms with Crippen molar-refractivity contribution >= 4 is 5.91 Å². The van der Waals surface area contributed by atoms with Gasteiger partial charge < -0.3 is 11.1 Å². The zero-order valence-corrected chi connectivity index (χ0v) is 11.5. The largest absolute Gasteiger partial charge is 0.351 e. The molecule has 1 aromatic carbocycles. The fraction of sp³-hybridized carbons (Fsp3) is 0.533. The molecule has 0 bridgehead atoms. The predicted octanol–water partition coefficient (Wildman–Crippen LogP) is 1.11. The minimum absolute atomic E-state index is 0.0495. The molecule has 1 heterocycles. The van der Waals surface area contributed by atoms with Crippen LogP contribution in [0.2, 0.25) is 0 Å². The van der Waals surface area contributed by atoms with Gasteiger partial charge in [-0.05, 0) is 31.9 Å². The second-order valence-electron chi connectivity index (χ2n) is 5.36. The van der Waals surface area contributed by atoms with Gasteiger partial charge in [-0.2, -0.15) is 0 Å². The summed E-state index contributed by atoms with van der Waals surface area (Å²) in [5.41, 5.74) is 6.91. The first-order valence-electron chi connectivity index (χ1n) is 6.97. The van der Waals surface area contributed by atoms with E-state index in [4.69, 9.17) is 5.73 Å². The molecule has 3 N–H and O–H groups in total. The third-order valence-electron chi connectivity index (χ3n) is 3.51. The van der Waals surface area contributed by atoms with Crippen LogP contribution in [-0.2, 0) is 11.3 Å². The van der Waals surface area contributed by atoms with Crippen molar-refractivity contribution in [2.75, 3.05) is 13.1 Å². The van der Waals surface area contributed by atoms with Crippen molar-refractivity contribution in [1.82, 2.24) is 10.2 Å². The summed E-state index contributed by atoms with van der Waals surface area (Å²) >= 11 is 0. The van der Waals surface area contributed by atoms with Crippen molar-refractivity contribution in [3.05, 3.63) is 35.9 Å². The van der Waals surface area contributed by atoms with Crippen molar-refractivity contribution in [3.8, 4) is 0 Å². The van der Waals surface area contributed by atoms with Gasteiger partial charge in [0.15, 0.2) is 0 Å². The number of piperidine rings is 1. The molecular weight excluding hydrogens is 238 g/mol. The molecule has 0 radical (unpaired) electrons. The lowest BCUT2D eigenvalue weighted by Gasteiger charge is -2.33. The Morgan fingerprint density at radius 3 is 2.89 bits per heavy atom. The highest BCUT2D eigenvalue weighted by Crippen LogP contribution is 2.13. The maximum absolute atomic E-state index is 11.6. The number of hydrogen-bond acceptors (Lipinski definition) is 3. The number of carbonyl (C=O) groups excluding carboxylic acids is 1. The van der Waals surface area contributed by atoms with E-state index in [1.54, 1.807) is 6.92 Å². The molecule has 1 aliphatic rings. The number of amides is 1. The van der Waals surface area contributed by atoms with E-state index in [1.165, 1.54) is 5.56 Å². The van der Waals surface area contributed by atoms with Crippen molar-refractivity contribution < 1.29 is 4.79 Å². The van der Waals surface area contributed by atoms with E-state index >= 15 is 0 Å². The summed E-state index contributed by atoms with van der Waals surface area (Å²) in [7, 11) is 0. The minimum atomic E-state index is -0.426. The van der Waals surface area contributed by atoms with Crippen molar-refractivity contribution in [1.29, 1.82) is 0 Å². The third kappa shape index (κ3) is 4.33. The summed E-state index contributed by atoms with van der Waals surface area (Å²) in [6, 6.07) is 10.3. The van der Waals surface area contributed by atoms with E-state index < -0.39 is 6.04 Å². The first-order chi connectivity index (χ1) is 9.15. The quantitative estimate of drug-likeness (QED) is 0.854. The van der Waals surface area contributed by atoms with Crippen molar-refractivity contribution in [3.63, 3.8) is 0 Å². The summed E-state index contributed by atoms with van der Waals surface area (Å²) < 4.78 is 0. The van der Waals surface area contributed by atoms with Crippen LogP contribution in [0.5, 0.6) is 0 Å². The van der Waals surface area contributed by atoms with Gasteiger partial charge in [-0.15, -0.1) is 0 Å². The Morgan fingerprint density at radius 2 is 2.21 bits per heavy atom. The molecule has 0 spiro atoms. The van der Waals surface area contributed by atoms with Crippen LogP contribution in [0.4, 0.5) is 0 Å². The predicted molar refractivity (Wildman–Crippen MR) is 76.5 cm³/mol. The van der Waals surface area contributed by atoms with Crippen LogP contribution in [-0.4, -0.2) is 36.0 Å². The molecule has 1 aromatic rings. The van der Waals surface area contributed by atoms with Crippen LogP contribution in [0.25, 0.3) is 0 Å². The van der Waals surface area contributed by atoms with Crippen molar-refractivity contribution in [2.24, 2.45) is 5.73 Å². The van der Waals surface area contributed by atoms with Gasteiger partial charge in [0.25, 0.3) is 0 Å². The van der Waals surface area contributed by atoms with Gasteiger partial charge in [0.1, 0.15) is 0 Å². The second kappa shape index (κ2) is 6.68. The number of benzene rings is 1. The van der Waals surface area contributed by atoms with Gasteiger partial charge in [0.2, 0.25) is 5.91 Å². The number of carbonyl (C=O) groups is 1. The van der Waals surface area contributed by atoms with Crippen LogP contribution in [0.15, 0.2) is 30.3 Å². The van der Waals surface area contributed by atoms with E-state index in [-0.39, 0.29) is 11.9 Å². The summed E-state index contributed by atoms with van der Waals surface area (Å²) in [6.07, 6.45) is 2.17. The Labute approximate surface area is 115 Å². The van der Waals surface area contributed by atoms with E-state index in [1.807, 2.05) is 6.07 Å². The monoisotopic (exact) mass is 261 g/mol. The van der Waals surface area contributed by atoms with E-state index in [0.717, 1.165) is 32.5 Å². The molecule has 0 aliphatic carbocycles. The molecule has 1 aliphatic heterocycles. The minimum Gasteiger partial charge on any atom is -0.351 e. The molecule has 1 unspecified atom stereocenters. The zero-order valence-electron chi connectivity index (χ0n) is 11.5. The Bertz CT molecular complexity index is 405. The van der Waals surface area contributed by atoms with Crippen LogP contribution in [0.3, 0.4) is 0 Å². The molecule has 19 heavy (non-hydrogen) atoms. The van der Waals surface area contributed by atoms with Gasteiger partial charge in [0, 0.05) is 19.1 Å². The first kappa shape index (κ1) is 14.0. The molecule has 1 amide bonds. The van der Waals surface area contributed by atoms with E-state index in [2.05, 4.69) is 34.5 Å². The normalized spacial score (nSPS) is 21.9. The number of likely N-dealkylation sites (tertiary alicyclic amines) is 1. The van der Waals surface area contributed by atoms with Gasteiger partial charge >= 0.3 is 0 Å². The molecule has 0 saturated carbocycles. The SMILES string of the molecule is C[C@@H](N)C(=O)NC1CCCN(Cc2ccccc2)C1. The first-order valence-corrected chi connectivity index (χ1v) is 6.97. The highest BCUT2D eigenvalue weighted by molar-refractivity contribution is 5.81. The Kier molecular flexibility index (Phi) is 4.93. The average molecular weight is 261 g/mol. The average Bonchev–Trinajstić information content (AvgIpc) is 2.40. The smallest absolute Gasteiger partial charge is 0.236 e. The standard InChI is InChI=1S/C15H23N3O/c1-12(16)15(19)17-14-8-5-9-18(11-14)10-13-6-3-2-4-7-13/h2-4,6-7,12,14H,5,8-11,16H2,1H3,(H,17,19)/t12-,14?/m1/s1. The molecule has 104 valence electrons. The summed E-state index contributed by atoms with van der Waals surface area (Å²) in [4.78, 5) is 14.0. The lowest BCUT2D eigenvalue weighted by molar-refractivity contribution is -0.123. The molecule has 4 heteroatoms. The molecular formula is C15H23N3O. The fourth-order valence-corrected chi connectivity index (χ4v) is 2.49. The van der Waals surface area contributed by atoms with Gasteiger partial charge in [0.05, 0.1) is 6.04 Å². The molecule has 4 nitrogen and oxygen atoms in total. The number of nitrogens with one attached hydrogen (secondary N) is 1. The molecule has 1 fully saturated rings. The maximum Gasteiger partial charge on any atom is 0.236 e. The number of hydrogen-bond donors (Lipinski definition) is 2. The summed E-state index contributed by atoms with van der Waals surface area (Å²) in [6.45, 7) is 4.68. The Balaban J connectivity index is 1.85.